The zero-order valence-electron chi connectivity index (χ0n) is 11.9. The molecule has 0 spiro atoms. The standard InChI is InChI=1S/C17H15N3O2/c21-17(20-11-13-5-8-18-9-6-13)12-22-15-3-4-16-14(10-15)2-1-7-19-16/h1-10H,11-12H2,(H,20,21). The molecule has 0 aliphatic carbocycles. The fraction of sp³-hybridized carbons (Fsp3) is 0.118. The molecular formula is C17H15N3O2. The van der Waals surface area contributed by atoms with Crippen LogP contribution in [-0.4, -0.2) is 22.5 Å². The van der Waals surface area contributed by atoms with Crippen molar-refractivity contribution >= 4 is 16.8 Å². The first-order valence-electron chi connectivity index (χ1n) is 6.94. The molecule has 0 radical (unpaired) electrons. The highest BCUT2D eigenvalue weighted by Crippen LogP contribution is 2.18. The number of fused-ring (bicyclic) bond motifs is 1. The van der Waals surface area contributed by atoms with Gasteiger partial charge in [-0.25, -0.2) is 0 Å². The average molecular weight is 293 g/mol. The highest BCUT2D eigenvalue weighted by atomic mass is 16.5. The van der Waals surface area contributed by atoms with Crippen LogP contribution in [0.3, 0.4) is 0 Å². The molecule has 1 aromatic carbocycles. The van der Waals surface area contributed by atoms with E-state index >= 15 is 0 Å². The Bertz CT molecular complexity index is 775. The first-order valence-corrected chi connectivity index (χ1v) is 6.94. The summed E-state index contributed by atoms with van der Waals surface area (Å²) in [5, 5.41) is 3.79. The third kappa shape index (κ3) is 3.58. The number of carbonyl (C=O) groups excluding carboxylic acids is 1. The lowest BCUT2D eigenvalue weighted by molar-refractivity contribution is -0.123. The van der Waals surface area contributed by atoms with Crippen LogP contribution in [-0.2, 0) is 11.3 Å². The molecule has 0 aliphatic heterocycles. The van der Waals surface area contributed by atoms with Crippen molar-refractivity contribution in [2.24, 2.45) is 0 Å². The number of carbonyl (C=O) groups is 1. The Morgan fingerprint density at radius 1 is 1.09 bits per heavy atom. The second-order valence-corrected chi connectivity index (χ2v) is 4.78. The average Bonchev–Trinajstić information content (AvgIpc) is 2.59. The minimum Gasteiger partial charge on any atom is -0.484 e. The van der Waals surface area contributed by atoms with Gasteiger partial charge in [0.25, 0.3) is 5.91 Å². The van der Waals surface area contributed by atoms with E-state index < -0.39 is 0 Å². The van der Waals surface area contributed by atoms with Gasteiger partial charge in [-0.05, 0) is 42.0 Å². The fourth-order valence-corrected chi connectivity index (χ4v) is 2.04. The monoisotopic (exact) mass is 293 g/mol. The van der Waals surface area contributed by atoms with Gasteiger partial charge in [0.05, 0.1) is 5.52 Å². The minimum absolute atomic E-state index is 0.0170. The van der Waals surface area contributed by atoms with E-state index in [4.69, 9.17) is 4.74 Å². The maximum absolute atomic E-state index is 11.8. The van der Waals surface area contributed by atoms with E-state index in [1.807, 2.05) is 42.5 Å². The molecule has 110 valence electrons. The summed E-state index contributed by atoms with van der Waals surface area (Å²) >= 11 is 0. The second-order valence-electron chi connectivity index (χ2n) is 4.78. The molecule has 1 amide bonds. The van der Waals surface area contributed by atoms with E-state index in [1.165, 1.54) is 0 Å². The third-order valence-electron chi connectivity index (χ3n) is 3.18. The number of rotatable bonds is 5. The maximum atomic E-state index is 11.8. The topological polar surface area (TPSA) is 64.1 Å². The lowest BCUT2D eigenvalue weighted by Gasteiger charge is -2.08. The number of pyridine rings is 2. The van der Waals surface area contributed by atoms with Crippen molar-refractivity contribution in [2.45, 2.75) is 6.54 Å². The van der Waals surface area contributed by atoms with E-state index in [2.05, 4.69) is 15.3 Å². The van der Waals surface area contributed by atoms with Gasteiger partial charge in [-0.3, -0.25) is 14.8 Å². The van der Waals surface area contributed by atoms with Gasteiger partial charge in [-0.2, -0.15) is 0 Å². The summed E-state index contributed by atoms with van der Waals surface area (Å²) in [5.41, 5.74) is 1.90. The summed E-state index contributed by atoms with van der Waals surface area (Å²) in [6.07, 6.45) is 5.14. The summed E-state index contributed by atoms with van der Waals surface area (Å²) in [6, 6.07) is 13.1. The molecule has 22 heavy (non-hydrogen) atoms. The smallest absolute Gasteiger partial charge is 0.258 e. The van der Waals surface area contributed by atoms with Gasteiger partial charge < -0.3 is 10.1 Å². The van der Waals surface area contributed by atoms with E-state index in [9.17, 15) is 4.79 Å². The number of benzene rings is 1. The predicted octanol–water partition coefficient (Wildman–Crippen LogP) is 2.33. The van der Waals surface area contributed by atoms with Crippen molar-refractivity contribution in [1.29, 1.82) is 0 Å². The molecule has 2 heterocycles. The molecule has 3 rings (SSSR count). The van der Waals surface area contributed by atoms with Gasteiger partial charge in [0.15, 0.2) is 6.61 Å². The molecule has 3 aromatic rings. The Labute approximate surface area is 128 Å². The van der Waals surface area contributed by atoms with Crippen molar-refractivity contribution in [1.82, 2.24) is 15.3 Å². The minimum atomic E-state index is -0.164. The molecule has 0 fully saturated rings. The van der Waals surface area contributed by atoms with Crippen LogP contribution in [0.4, 0.5) is 0 Å². The molecule has 0 atom stereocenters. The van der Waals surface area contributed by atoms with Gasteiger partial charge in [-0.15, -0.1) is 0 Å². The Hall–Kier alpha value is -2.95. The van der Waals surface area contributed by atoms with Crippen LogP contribution in [0, 0.1) is 0 Å². The normalized spacial score (nSPS) is 10.4. The maximum Gasteiger partial charge on any atom is 0.258 e. The quantitative estimate of drug-likeness (QED) is 0.784. The molecule has 0 bridgehead atoms. The third-order valence-corrected chi connectivity index (χ3v) is 3.18. The number of amides is 1. The SMILES string of the molecule is O=C(COc1ccc2ncccc2c1)NCc1ccncc1. The second kappa shape index (κ2) is 6.67. The molecule has 2 aromatic heterocycles. The van der Waals surface area contributed by atoms with Gasteiger partial charge in [0.1, 0.15) is 5.75 Å². The van der Waals surface area contributed by atoms with E-state index in [1.54, 1.807) is 18.6 Å². The van der Waals surface area contributed by atoms with Crippen molar-refractivity contribution < 1.29 is 9.53 Å². The van der Waals surface area contributed by atoms with E-state index in [0.29, 0.717) is 12.3 Å². The van der Waals surface area contributed by atoms with Crippen molar-refractivity contribution in [2.75, 3.05) is 6.61 Å². The summed E-state index contributed by atoms with van der Waals surface area (Å²) < 4.78 is 5.51. The van der Waals surface area contributed by atoms with Crippen LogP contribution >= 0.6 is 0 Å². The summed E-state index contributed by atoms with van der Waals surface area (Å²) in [5.74, 6) is 0.489. The number of aromatic nitrogens is 2. The summed E-state index contributed by atoms with van der Waals surface area (Å²) in [7, 11) is 0. The van der Waals surface area contributed by atoms with Crippen LogP contribution in [0.2, 0.25) is 0 Å². The molecule has 5 nitrogen and oxygen atoms in total. The number of nitrogens with one attached hydrogen (secondary N) is 1. The Kier molecular flexibility index (Phi) is 4.25. The Morgan fingerprint density at radius 3 is 2.82 bits per heavy atom. The lowest BCUT2D eigenvalue weighted by atomic mass is 10.2. The van der Waals surface area contributed by atoms with Crippen LogP contribution in [0.1, 0.15) is 5.56 Å². The molecule has 0 saturated heterocycles. The summed E-state index contributed by atoms with van der Waals surface area (Å²) in [6.45, 7) is 0.448. The highest BCUT2D eigenvalue weighted by Gasteiger charge is 2.04. The predicted molar refractivity (Wildman–Crippen MR) is 83.3 cm³/mol. The van der Waals surface area contributed by atoms with Crippen molar-refractivity contribution in [3.63, 3.8) is 0 Å². The van der Waals surface area contributed by atoms with Crippen molar-refractivity contribution in [3.8, 4) is 5.75 Å². The molecular weight excluding hydrogens is 278 g/mol. The van der Waals surface area contributed by atoms with Gasteiger partial charge in [0.2, 0.25) is 0 Å². The first kappa shape index (κ1) is 14.0. The van der Waals surface area contributed by atoms with E-state index in [0.717, 1.165) is 16.5 Å². The van der Waals surface area contributed by atoms with E-state index in [-0.39, 0.29) is 12.5 Å². The lowest BCUT2D eigenvalue weighted by Crippen LogP contribution is -2.28. The van der Waals surface area contributed by atoms with Crippen LogP contribution in [0.15, 0.2) is 61.1 Å². The Balaban J connectivity index is 1.53. The van der Waals surface area contributed by atoms with Crippen molar-refractivity contribution in [3.05, 3.63) is 66.6 Å². The molecule has 0 unspecified atom stereocenters. The van der Waals surface area contributed by atoms with Gasteiger partial charge in [0, 0.05) is 30.5 Å². The number of hydrogen-bond donors (Lipinski definition) is 1. The Morgan fingerprint density at radius 2 is 1.95 bits per heavy atom. The van der Waals surface area contributed by atoms with Crippen LogP contribution in [0.5, 0.6) is 5.75 Å². The summed E-state index contributed by atoms with van der Waals surface area (Å²) in [4.78, 5) is 20.0. The number of hydrogen-bond acceptors (Lipinski definition) is 4. The van der Waals surface area contributed by atoms with Gasteiger partial charge in [-0.1, -0.05) is 6.07 Å². The fourth-order valence-electron chi connectivity index (χ4n) is 2.04. The first-order chi connectivity index (χ1) is 10.8. The number of nitrogens with zero attached hydrogens (tertiary/aromatic N) is 2. The molecule has 1 N–H and O–H groups in total. The molecule has 0 saturated carbocycles. The largest absolute Gasteiger partial charge is 0.484 e. The zero-order valence-corrected chi connectivity index (χ0v) is 11.9. The van der Waals surface area contributed by atoms with Crippen LogP contribution in [0.25, 0.3) is 10.9 Å². The number of ether oxygens (including phenoxy) is 1. The van der Waals surface area contributed by atoms with Crippen LogP contribution < -0.4 is 10.1 Å². The molecule has 0 aliphatic rings. The highest BCUT2D eigenvalue weighted by molar-refractivity contribution is 5.80. The molecule has 5 heteroatoms. The van der Waals surface area contributed by atoms with Gasteiger partial charge >= 0.3 is 0 Å². The zero-order chi connectivity index (χ0) is 15.2.